The molecule has 1 aromatic carbocycles. The molecule has 6 heteroatoms. The van der Waals surface area contributed by atoms with Gasteiger partial charge in [-0.05, 0) is 18.4 Å². The minimum atomic E-state index is -0.266. The third kappa shape index (κ3) is 4.54. The highest BCUT2D eigenvalue weighted by Gasteiger charge is 2.37. The van der Waals surface area contributed by atoms with Crippen molar-refractivity contribution >= 4 is 17.7 Å². The highest BCUT2D eigenvalue weighted by molar-refractivity contribution is 5.89. The van der Waals surface area contributed by atoms with Gasteiger partial charge in [0.25, 0.3) is 0 Å². The van der Waals surface area contributed by atoms with Crippen molar-refractivity contribution in [2.45, 2.75) is 39.7 Å². The number of hydrogen-bond acceptors (Lipinski definition) is 3. The van der Waals surface area contributed by atoms with Crippen LogP contribution in [0, 0.1) is 11.8 Å². The van der Waals surface area contributed by atoms with Crippen molar-refractivity contribution in [1.29, 1.82) is 0 Å². The van der Waals surface area contributed by atoms with E-state index in [4.69, 9.17) is 0 Å². The van der Waals surface area contributed by atoms with Crippen LogP contribution in [0.15, 0.2) is 30.3 Å². The van der Waals surface area contributed by atoms with Crippen LogP contribution in [-0.2, 0) is 20.9 Å². The molecule has 1 atom stereocenters. The molecule has 0 aromatic heterocycles. The molecule has 2 fully saturated rings. The first-order chi connectivity index (χ1) is 13.5. The number of amides is 3. The van der Waals surface area contributed by atoms with Crippen LogP contribution >= 0.6 is 0 Å². The summed E-state index contributed by atoms with van der Waals surface area (Å²) in [5.41, 5.74) is 1.08. The molecule has 0 spiro atoms. The molecule has 0 saturated carbocycles. The van der Waals surface area contributed by atoms with Gasteiger partial charge in [0.1, 0.15) is 0 Å². The van der Waals surface area contributed by atoms with E-state index in [1.807, 2.05) is 54.0 Å². The molecule has 1 aromatic rings. The second-order valence-corrected chi connectivity index (χ2v) is 7.82. The summed E-state index contributed by atoms with van der Waals surface area (Å²) in [6.07, 6.45) is 2.00. The zero-order valence-electron chi connectivity index (χ0n) is 17.0. The summed E-state index contributed by atoms with van der Waals surface area (Å²) < 4.78 is 0. The fourth-order valence-corrected chi connectivity index (χ4v) is 4.20. The number of hydrogen-bond donors (Lipinski definition) is 0. The smallest absolute Gasteiger partial charge is 0.228 e. The first kappa shape index (κ1) is 20.4. The number of nitrogens with zero attached hydrogens (tertiary/aromatic N) is 3. The number of piperazine rings is 1. The molecule has 6 nitrogen and oxygen atoms in total. The summed E-state index contributed by atoms with van der Waals surface area (Å²) in [5.74, 6) is 0.129. The van der Waals surface area contributed by atoms with Crippen LogP contribution in [-0.4, -0.2) is 65.1 Å². The van der Waals surface area contributed by atoms with Gasteiger partial charge >= 0.3 is 0 Å². The fraction of sp³-hybridized carbons (Fsp3) is 0.591. The fourth-order valence-electron chi connectivity index (χ4n) is 4.20. The van der Waals surface area contributed by atoms with Gasteiger partial charge in [0.2, 0.25) is 17.7 Å². The largest absolute Gasteiger partial charge is 0.339 e. The van der Waals surface area contributed by atoms with Crippen molar-refractivity contribution in [2.75, 3.05) is 32.7 Å². The van der Waals surface area contributed by atoms with E-state index < -0.39 is 0 Å². The van der Waals surface area contributed by atoms with Gasteiger partial charge in [-0.3, -0.25) is 14.4 Å². The zero-order chi connectivity index (χ0) is 20.1. The van der Waals surface area contributed by atoms with Crippen molar-refractivity contribution in [2.24, 2.45) is 11.8 Å². The van der Waals surface area contributed by atoms with E-state index in [9.17, 15) is 14.4 Å². The molecule has 0 radical (unpaired) electrons. The molecule has 152 valence electrons. The Kier molecular flexibility index (Phi) is 6.70. The molecule has 0 aliphatic carbocycles. The van der Waals surface area contributed by atoms with Crippen LogP contribution in [0.1, 0.15) is 38.7 Å². The van der Waals surface area contributed by atoms with Gasteiger partial charge in [0, 0.05) is 51.6 Å². The number of likely N-dealkylation sites (tertiary alicyclic amines) is 1. The van der Waals surface area contributed by atoms with Gasteiger partial charge in [-0.15, -0.1) is 0 Å². The van der Waals surface area contributed by atoms with Gasteiger partial charge in [-0.2, -0.15) is 0 Å². The predicted octanol–water partition coefficient (Wildman–Crippen LogP) is 2.14. The van der Waals surface area contributed by atoms with E-state index in [-0.39, 0.29) is 29.6 Å². The number of carbonyl (C=O) groups excluding carboxylic acids is 3. The maximum absolute atomic E-state index is 12.9. The Labute approximate surface area is 167 Å². The third-order valence-electron chi connectivity index (χ3n) is 6.02. The molecule has 0 bridgehead atoms. The van der Waals surface area contributed by atoms with E-state index in [2.05, 4.69) is 0 Å². The Morgan fingerprint density at radius 2 is 1.61 bits per heavy atom. The Morgan fingerprint density at radius 3 is 2.21 bits per heavy atom. The zero-order valence-corrected chi connectivity index (χ0v) is 17.0. The van der Waals surface area contributed by atoms with Crippen LogP contribution < -0.4 is 0 Å². The highest BCUT2D eigenvalue weighted by atomic mass is 16.2. The molecule has 3 amide bonds. The summed E-state index contributed by atoms with van der Waals surface area (Å²) in [7, 11) is 0. The summed E-state index contributed by atoms with van der Waals surface area (Å²) in [6.45, 7) is 7.45. The number of carbonyl (C=O) groups is 3. The normalized spacial score (nSPS) is 20.2. The summed E-state index contributed by atoms with van der Waals surface area (Å²) >= 11 is 0. The van der Waals surface area contributed by atoms with E-state index in [1.165, 1.54) is 0 Å². The third-order valence-corrected chi connectivity index (χ3v) is 6.02. The highest BCUT2D eigenvalue weighted by Crippen LogP contribution is 2.23. The van der Waals surface area contributed by atoms with Crippen molar-refractivity contribution in [3.8, 4) is 0 Å². The van der Waals surface area contributed by atoms with Crippen molar-refractivity contribution < 1.29 is 14.4 Å². The van der Waals surface area contributed by atoms with Gasteiger partial charge < -0.3 is 14.7 Å². The quantitative estimate of drug-likeness (QED) is 0.754. The van der Waals surface area contributed by atoms with Crippen LogP contribution in [0.4, 0.5) is 0 Å². The minimum Gasteiger partial charge on any atom is -0.339 e. The lowest BCUT2D eigenvalue weighted by Gasteiger charge is -2.37. The van der Waals surface area contributed by atoms with Crippen LogP contribution in [0.25, 0.3) is 0 Å². The van der Waals surface area contributed by atoms with Crippen LogP contribution in [0.5, 0.6) is 0 Å². The van der Waals surface area contributed by atoms with E-state index in [1.54, 1.807) is 4.90 Å². The minimum absolute atomic E-state index is 0.0461. The predicted molar refractivity (Wildman–Crippen MR) is 107 cm³/mol. The summed E-state index contributed by atoms with van der Waals surface area (Å²) in [5, 5.41) is 0. The first-order valence-electron chi connectivity index (χ1n) is 10.4. The molecule has 28 heavy (non-hydrogen) atoms. The molecule has 2 saturated heterocycles. The number of rotatable bonds is 6. The molecule has 2 aliphatic rings. The summed E-state index contributed by atoms with van der Waals surface area (Å²) in [4.78, 5) is 43.3. The van der Waals surface area contributed by atoms with Gasteiger partial charge in [-0.1, -0.05) is 44.2 Å². The Morgan fingerprint density at radius 1 is 1.00 bits per heavy atom. The van der Waals surface area contributed by atoms with Crippen molar-refractivity contribution in [3.63, 3.8) is 0 Å². The lowest BCUT2D eigenvalue weighted by atomic mass is 10.0. The second-order valence-electron chi connectivity index (χ2n) is 7.82. The molecule has 2 heterocycles. The van der Waals surface area contributed by atoms with E-state index in [0.717, 1.165) is 18.4 Å². The average molecular weight is 386 g/mol. The lowest BCUT2D eigenvalue weighted by molar-refractivity contribution is -0.144. The van der Waals surface area contributed by atoms with Crippen molar-refractivity contribution in [1.82, 2.24) is 14.7 Å². The van der Waals surface area contributed by atoms with Gasteiger partial charge in [-0.25, -0.2) is 0 Å². The summed E-state index contributed by atoms with van der Waals surface area (Å²) in [6, 6.07) is 9.87. The first-order valence-corrected chi connectivity index (χ1v) is 10.4. The maximum Gasteiger partial charge on any atom is 0.228 e. The standard InChI is InChI=1S/C22H31N3O3/c1-3-18(4-2)21(27)23-10-12-24(13-11-23)22(28)19-14-20(26)25(16-19)15-17-8-6-5-7-9-17/h5-9,18-19H,3-4,10-16H2,1-2H3. The molecular weight excluding hydrogens is 354 g/mol. The van der Waals surface area contributed by atoms with Crippen molar-refractivity contribution in [3.05, 3.63) is 35.9 Å². The average Bonchev–Trinajstić information content (AvgIpc) is 3.09. The monoisotopic (exact) mass is 385 g/mol. The Bertz CT molecular complexity index is 694. The molecular formula is C22H31N3O3. The Hall–Kier alpha value is -2.37. The van der Waals surface area contributed by atoms with Gasteiger partial charge in [0.15, 0.2) is 0 Å². The van der Waals surface area contributed by atoms with E-state index in [0.29, 0.717) is 45.7 Å². The van der Waals surface area contributed by atoms with E-state index >= 15 is 0 Å². The lowest BCUT2D eigenvalue weighted by Crippen LogP contribution is -2.53. The Balaban J connectivity index is 1.51. The maximum atomic E-state index is 12.9. The SMILES string of the molecule is CCC(CC)C(=O)N1CCN(C(=O)C2CC(=O)N(Cc3ccccc3)C2)CC1. The molecule has 1 unspecified atom stereocenters. The van der Waals surface area contributed by atoms with Gasteiger partial charge in [0.05, 0.1) is 5.92 Å². The van der Waals surface area contributed by atoms with Crippen LogP contribution in [0.3, 0.4) is 0 Å². The second kappa shape index (κ2) is 9.22. The molecule has 0 N–H and O–H groups in total. The molecule has 2 aliphatic heterocycles. The topological polar surface area (TPSA) is 60.9 Å². The molecule has 3 rings (SSSR count). The van der Waals surface area contributed by atoms with Crippen LogP contribution in [0.2, 0.25) is 0 Å². The number of benzene rings is 1.